The van der Waals surface area contributed by atoms with Crippen molar-refractivity contribution < 1.29 is 14.3 Å². The molecule has 2 aromatic rings. The summed E-state index contributed by atoms with van der Waals surface area (Å²) in [4.78, 5) is 24.5. The lowest BCUT2D eigenvalue weighted by Crippen LogP contribution is -2.20. The predicted molar refractivity (Wildman–Crippen MR) is 104 cm³/mol. The van der Waals surface area contributed by atoms with Gasteiger partial charge in [-0.3, -0.25) is 14.2 Å². The minimum Gasteiger partial charge on any atom is -0.497 e. The Morgan fingerprint density at radius 3 is 2.65 bits per heavy atom. The zero-order valence-electron chi connectivity index (χ0n) is 15.4. The quantitative estimate of drug-likeness (QED) is 0.737. The van der Waals surface area contributed by atoms with Crippen LogP contribution in [0.2, 0.25) is 0 Å². The molecular weight excluding hydrogens is 350 g/mol. The lowest BCUT2D eigenvalue weighted by atomic mass is 9.97. The molecule has 4 nitrogen and oxygen atoms in total. The maximum atomic E-state index is 13.2. The van der Waals surface area contributed by atoms with Crippen LogP contribution in [0, 0.1) is 6.92 Å². The molecule has 1 heterocycles. The fourth-order valence-electron chi connectivity index (χ4n) is 3.32. The first-order chi connectivity index (χ1) is 12.2. The number of hydrogen-bond donors (Lipinski definition) is 0. The molecule has 0 bridgehead atoms. The summed E-state index contributed by atoms with van der Waals surface area (Å²) in [7, 11) is 1.60. The molecule has 1 aromatic heterocycles. The van der Waals surface area contributed by atoms with E-state index in [1.165, 1.54) is 0 Å². The lowest BCUT2D eigenvalue weighted by Gasteiger charge is -2.20. The number of rotatable bonds is 4. The molecular formula is C21H22ClNO3. The second-order valence-electron chi connectivity index (χ2n) is 6.94. The maximum Gasteiger partial charge on any atom is 0.262 e. The van der Waals surface area contributed by atoms with Crippen molar-refractivity contribution in [1.29, 1.82) is 0 Å². The van der Waals surface area contributed by atoms with E-state index in [0.29, 0.717) is 17.7 Å². The third kappa shape index (κ3) is 3.34. The Labute approximate surface area is 158 Å². The summed E-state index contributed by atoms with van der Waals surface area (Å²) in [6.07, 6.45) is 6.37. The van der Waals surface area contributed by atoms with Gasteiger partial charge in [-0.15, -0.1) is 11.6 Å². The maximum absolute atomic E-state index is 13.2. The number of benzene rings is 1. The van der Waals surface area contributed by atoms with Crippen LogP contribution in [0.1, 0.15) is 36.3 Å². The number of methoxy groups -OCH3 is 1. The number of Topliss-reactive ketones (excluding diaryl/α,β-unsaturated/α-hetero) is 1. The Morgan fingerprint density at radius 2 is 2.08 bits per heavy atom. The average molecular weight is 372 g/mol. The first-order valence-electron chi connectivity index (χ1n) is 8.54. The summed E-state index contributed by atoms with van der Waals surface area (Å²) in [5.41, 5.74) is 3.02. The average Bonchev–Trinajstić information content (AvgIpc) is 2.85. The fourth-order valence-corrected chi connectivity index (χ4v) is 3.46. The first kappa shape index (κ1) is 18.5. The Kier molecular flexibility index (Phi) is 4.80. The number of carbonyl (C=O) groups is 2. The molecule has 0 spiro atoms. The van der Waals surface area contributed by atoms with E-state index in [2.05, 4.69) is 0 Å². The monoisotopic (exact) mass is 371 g/mol. The van der Waals surface area contributed by atoms with Crippen LogP contribution in [0.15, 0.2) is 42.0 Å². The fraction of sp³-hybridized carbons (Fsp3) is 0.333. The number of hydrogen-bond acceptors (Lipinski definition) is 3. The van der Waals surface area contributed by atoms with Gasteiger partial charge in [-0.05, 0) is 51.0 Å². The van der Waals surface area contributed by atoms with E-state index in [1.54, 1.807) is 24.7 Å². The van der Waals surface area contributed by atoms with E-state index in [4.69, 9.17) is 16.3 Å². The van der Waals surface area contributed by atoms with E-state index in [-0.39, 0.29) is 18.1 Å². The summed E-state index contributed by atoms with van der Waals surface area (Å²) >= 11 is 6.31. The van der Waals surface area contributed by atoms with Crippen molar-refractivity contribution in [3.8, 4) is 5.75 Å². The molecule has 0 fully saturated rings. The van der Waals surface area contributed by atoms with Crippen molar-refractivity contribution >= 4 is 34.2 Å². The van der Waals surface area contributed by atoms with Gasteiger partial charge in [0, 0.05) is 23.1 Å². The number of allylic oxidation sites excluding steroid dienone is 4. The largest absolute Gasteiger partial charge is 0.497 e. The van der Waals surface area contributed by atoms with E-state index in [1.807, 2.05) is 44.2 Å². The highest BCUT2D eigenvalue weighted by Gasteiger charge is 2.25. The van der Waals surface area contributed by atoms with E-state index >= 15 is 0 Å². The van der Waals surface area contributed by atoms with Crippen molar-refractivity contribution in [3.05, 3.63) is 53.3 Å². The van der Waals surface area contributed by atoms with E-state index < -0.39 is 4.87 Å². The highest BCUT2D eigenvalue weighted by atomic mass is 35.5. The molecule has 1 aliphatic rings. The molecule has 1 unspecified atom stereocenters. The van der Waals surface area contributed by atoms with Crippen molar-refractivity contribution in [1.82, 2.24) is 4.57 Å². The number of halogens is 1. The van der Waals surface area contributed by atoms with Crippen LogP contribution in [0.3, 0.4) is 0 Å². The number of nitrogens with zero attached hydrogens (tertiary/aromatic N) is 1. The van der Waals surface area contributed by atoms with Crippen LogP contribution in [0.4, 0.5) is 0 Å². The Morgan fingerprint density at radius 1 is 1.35 bits per heavy atom. The van der Waals surface area contributed by atoms with Crippen molar-refractivity contribution in [2.45, 2.75) is 38.5 Å². The van der Waals surface area contributed by atoms with Crippen molar-refractivity contribution in [2.24, 2.45) is 0 Å². The lowest BCUT2D eigenvalue weighted by molar-refractivity contribution is -0.116. The summed E-state index contributed by atoms with van der Waals surface area (Å²) in [6.45, 7) is 5.34. The topological polar surface area (TPSA) is 48.3 Å². The second-order valence-corrected chi connectivity index (χ2v) is 7.80. The van der Waals surface area contributed by atoms with E-state index in [0.717, 1.165) is 22.2 Å². The van der Waals surface area contributed by atoms with Gasteiger partial charge in [-0.2, -0.15) is 0 Å². The zero-order valence-corrected chi connectivity index (χ0v) is 16.2. The Balaban J connectivity index is 2.15. The SMILES string of the molecule is COc1ccc2c(c1)c(CC(C)=O)c(C)n2C(=O)C1=CCC(C)(Cl)C=C1. The number of fused-ring (bicyclic) bond motifs is 1. The predicted octanol–water partition coefficient (Wildman–Crippen LogP) is 4.61. The molecule has 0 aliphatic heterocycles. The highest BCUT2D eigenvalue weighted by Crippen LogP contribution is 2.32. The van der Waals surface area contributed by atoms with Gasteiger partial charge < -0.3 is 4.74 Å². The van der Waals surface area contributed by atoms with Crippen LogP contribution < -0.4 is 4.74 Å². The van der Waals surface area contributed by atoms with Crippen molar-refractivity contribution in [3.63, 3.8) is 0 Å². The van der Waals surface area contributed by atoms with Gasteiger partial charge in [0.05, 0.1) is 17.5 Å². The Hall–Kier alpha value is -2.33. The summed E-state index contributed by atoms with van der Waals surface area (Å²) < 4.78 is 7.00. The molecule has 0 N–H and O–H groups in total. The van der Waals surface area contributed by atoms with Crippen LogP contribution in [-0.2, 0) is 11.2 Å². The molecule has 136 valence electrons. The minimum absolute atomic E-state index is 0.0529. The number of aromatic nitrogens is 1. The molecule has 5 heteroatoms. The number of alkyl halides is 1. The molecule has 0 radical (unpaired) electrons. The van der Waals surface area contributed by atoms with Crippen LogP contribution in [-0.4, -0.2) is 28.2 Å². The van der Waals surface area contributed by atoms with Gasteiger partial charge >= 0.3 is 0 Å². The normalized spacial score (nSPS) is 19.5. The standard InChI is InChI=1S/C21H22ClNO3/c1-13(24)11-17-14(2)23(19-6-5-16(26-4)12-18(17)19)20(25)15-7-9-21(3,22)10-8-15/h5-9,12H,10-11H2,1-4H3. The molecule has 1 atom stereocenters. The van der Waals surface area contributed by atoms with Gasteiger partial charge in [-0.25, -0.2) is 0 Å². The van der Waals surface area contributed by atoms with Gasteiger partial charge in [0.25, 0.3) is 5.91 Å². The number of ether oxygens (including phenoxy) is 1. The van der Waals surface area contributed by atoms with Gasteiger partial charge in [0.2, 0.25) is 0 Å². The molecule has 0 amide bonds. The summed E-state index contributed by atoms with van der Waals surface area (Å²) in [6, 6.07) is 5.57. The molecule has 26 heavy (non-hydrogen) atoms. The zero-order chi connectivity index (χ0) is 19.1. The third-order valence-corrected chi connectivity index (χ3v) is 5.03. The molecule has 0 saturated heterocycles. The molecule has 3 rings (SSSR count). The molecule has 1 aromatic carbocycles. The smallest absolute Gasteiger partial charge is 0.262 e. The van der Waals surface area contributed by atoms with Crippen LogP contribution in [0.25, 0.3) is 10.9 Å². The Bertz CT molecular complexity index is 963. The van der Waals surface area contributed by atoms with Gasteiger partial charge in [-0.1, -0.05) is 18.2 Å². The third-order valence-electron chi connectivity index (χ3n) is 4.75. The minimum atomic E-state index is -0.454. The molecule has 0 saturated carbocycles. The van der Waals surface area contributed by atoms with Crippen LogP contribution in [0.5, 0.6) is 5.75 Å². The van der Waals surface area contributed by atoms with Crippen molar-refractivity contribution in [2.75, 3.05) is 7.11 Å². The number of carbonyl (C=O) groups excluding carboxylic acids is 2. The van der Waals surface area contributed by atoms with Gasteiger partial charge in [0.15, 0.2) is 0 Å². The number of ketones is 1. The summed E-state index contributed by atoms with van der Waals surface area (Å²) in [5.74, 6) is 0.634. The first-order valence-corrected chi connectivity index (χ1v) is 8.91. The van der Waals surface area contributed by atoms with Gasteiger partial charge in [0.1, 0.15) is 11.5 Å². The van der Waals surface area contributed by atoms with Crippen LogP contribution >= 0.6 is 11.6 Å². The highest BCUT2D eigenvalue weighted by molar-refractivity contribution is 6.25. The molecule has 1 aliphatic carbocycles. The second kappa shape index (κ2) is 6.76. The summed E-state index contributed by atoms with van der Waals surface area (Å²) in [5, 5.41) is 0.868. The van der Waals surface area contributed by atoms with E-state index in [9.17, 15) is 9.59 Å².